The van der Waals surface area contributed by atoms with E-state index in [0.29, 0.717) is 37.6 Å². The maximum Gasteiger partial charge on any atom is 0.188 e. The van der Waals surface area contributed by atoms with Crippen molar-refractivity contribution < 1.29 is 28.8 Å². The number of hydrogen-bond acceptors (Lipinski definition) is 7. The Labute approximate surface area is 134 Å². The lowest BCUT2D eigenvalue weighted by Crippen LogP contribution is -2.32. The van der Waals surface area contributed by atoms with E-state index in [-0.39, 0.29) is 13.6 Å². The van der Waals surface area contributed by atoms with Crippen molar-refractivity contribution in [2.75, 3.05) is 41.0 Å². The van der Waals surface area contributed by atoms with Gasteiger partial charge < -0.3 is 28.8 Å². The lowest BCUT2D eigenvalue weighted by molar-refractivity contribution is -0.00618. The highest BCUT2D eigenvalue weighted by atomic mass is 32.2. The summed E-state index contributed by atoms with van der Waals surface area (Å²) in [5.74, 6) is 1.25. The first kappa shape index (κ1) is 17.4. The predicted molar refractivity (Wildman–Crippen MR) is 82.3 cm³/mol. The molecule has 0 radical (unpaired) electrons. The summed E-state index contributed by atoms with van der Waals surface area (Å²) in [6.45, 7) is 1.42. The quantitative estimate of drug-likeness (QED) is 0.733. The largest absolute Gasteiger partial charge is 0.467 e. The van der Waals surface area contributed by atoms with E-state index in [4.69, 9.17) is 23.7 Å². The van der Waals surface area contributed by atoms with Gasteiger partial charge in [0.05, 0.1) is 18.1 Å². The van der Waals surface area contributed by atoms with E-state index in [1.165, 1.54) is 11.8 Å². The minimum atomic E-state index is -0.835. The van der Waals surface area contributed by atoms with Gasteiger partial charge in [0.2, 0.25) is 0 Å². The third-order valence-corrected chi connectivity index (χ3v) is 4.51. The summed E-state index contributed by atoms with van der Waals surface area (Å²) in [5.41, 5.74) is 0. The van der Waals surface area contributed by atoms with Crippen LogP contribution >= 0.6 is 11.8 Å². The third-order valence-electron chi connectivity index (χ3n) is 3.16. The molecule has 0 unspecified atom stereocenters. The van der Waals surface area contributed by atoms with Gasteiger partial charge in [0.15, 0.2) is 13.6 Å². The molecule has 7 heteroatoms. The summed E-state index contributed by atoms with van der Waals surface area (Å²) in [6, 6.07) is 5.46. The van der Waals surface area contributed by atoms with Crippen molar-refractivity contribution in [1.82, 2.24) is 0 Å². The highest BCUT2D eigenvalue weighted by molar-refractivity contribution is 8.00. The molecule has 0 aliphatic carbocycles. The zero-order valence-corrected chi connectivity index (χ0v) is 13.7. The predicted octanol–water partition coefficient (Wildman–Crippen LogP) is 2.24. The molecule has 22 heavy (non-hydrogen) atoms. The van der Waals surface area contributed by atoms with Gasteiger partial charge in [-0.15, -0.1) is 0 Å². The second-order valence-corrected chi connectivity index (χ2v) is 6.27. The van der Waals surface area contributed by atoms with Crippen molar-refractivity contribution in [1.29, 1.82) is 0 Å². The van der Waals surface area contributed by atoms with Crippen LogP contribution < -0.4 is 9.47 Å². The summed E-state index contributed by atoms with van der Waals surface area (Å²) < 4.78 is 26.1. The summed E-state index contributed by atoms with van der Waals surface area (Å²) in [7, 11) is 3.12. The Bertz CT molecular complexity index is 461. The first-order chi connectivity index (χ1) is 10.7. The monoisotopic (exact) mass is 330 g/mol. The van der Waals surface area contributed by atoms with Crippen molar-refractivity contribution >= 4 is 11.8 Å². The lowest BCUT2D eigenvalue weighted by Gasteiger charge is -2.31. The Morgan fingerprint density at radius 3 is 2.50 bits per heavy atom. The fraction of sp³-hybridized carbons (Fsp3) is 0.600. The van der Waals surface area contributed by atoms with Crippen LogP contribution in [0.1, 0.15) is 12.8 Å². The van der Waals surface area contributed by atoms with Gasteiger partial charge >= 0.3 is 0 Å². The van der Waals surface area contributed by atoms with Gasteiger partial charge in [0.1, 0.15) is 16.4 Å². The highest BCUT2D eigenvalue weighted by Gasteiger charge is 2.32. The molecule has 0 atom stereocenters. The van der Waals surface area contributed by atoms with Crippen molar-refractivity contribution in [3.8, 4) is 11.5 Å². The minimum Gasteiger partial charge on any atom is -0.467 e. The summed E-state index contributed by atoms with van der Waals surface area (Å²) in [5, 5.41) is 10.6. The first-order valence-corrected chi connectivity index (χ1v) is 7.85. The zero-order valence-electron chi connectivity index (χ0n) is 12.9. The van der Waals surface area contributed by atoms with Crippen molar-refractivity contribution in [3.05, 3.63) is 18.2 Å². The van der Waals surface area contributed by atoms with Gasteiger partial charge in [-0.3, -0.25) is 0 Å². The average Bonchev–Trinajstić information content (AvgIpc) is 2.53. The molecule has 0 aromatic heterocycles. The van der Waals surface area contributed by atoms with Crippen LogP contribution in [0.25, 0.3) is 0 Å². The van der Waals surface area contributed by atoms with Gasteiger partial charge in [-0.25, -0.2) is 0 Å². The molecule has 1 aromatic rings. The van der Waals surface area contributed by atoms with Crippen LogP contribution in [0.15, 0.2) is 23.1 Å². The Hall–Kier alpha value is -0.990. The Balaban J connectivity index is 2.13. The number of rotatable bonds is 8. The van der Waals surface area contributed by atoms with Crippen molar-refractivity contribution in [2.24, 2.45) is 0 Å². The van der Waals surface area contributed by atoms with Gasteiger partial charge in [-0.1, -0.05) is 11.8 Å². The van der Waals surface area contributed by atoms with E-state index in [9.17, 15) is 5.11 Å². The molecule has 1 aromatic carbocycles. The topological polar surface area (TPSA) is 66.4 Å². The van der Waals surface area contributed by atoms with Gasteiger partial charge in [0, 0.05) is 33.1 Å². The highest BCUT2D eigenvalue weighted by Crippen LogP contribution is 2.43. The van der Waals surface area contributed by atoms with Crippen LogP contribution in [0.2, 0.25) is 0 Å². The van der Waals surface area contributed by atoms with E-state index in [0.717, 1.165) is 4.90 Å². The fourth-order valence-electron chi connectivity index (χ4n) is 2.02. The number of methoxy groups -OCH3 is 2. The van der Waals surface area contributed by atoms with Crippen LogP contribution in [-0.2, 0) is 14.2 Å². The molecule has 6 nitrogen and oxygen atoms in total. The maximum absolute atomic E-state index is 10.6. The number of aliphatic hydroxyl groups is 1. The van der Waals surface area contributed by atoms with E-state index < -0.39 is 4.93 Å². The Morgan fingerprint density at radius 1 is 1.14 bits per heavy atom. The molecular formula is C15H22O6S. The normalized spacial score (nSPS) is 17.2. The molecule has 1 fully saturated rings. The standard InChI is InChI=1S/C15H22O6S/c1-17-10-20-12-3-4-14(13(9-12)21-11-18-2)22-15(16)5-7-19-8-6-15/h3-4,9,16H,5-8,10-11H2,1-2H3. The number of thioether (sulfide) groups is 1. The van der Waals surface area contributed by atoms with Gasteiger partial charge in [-0.2, -0.15) is 0 Å². The van der Waals surface area contributed by atoms with E-state index in [1.54, 1.807) is 20.3 Å². The molecule has 1 heterocycles. The van der Waals surface area contributed by atoms with E-state index >= 15 is 0 Å². The van der Waals surface area contributed by atoms with E-state index in [2.05, 4.69) is 0 Å². The molecule has 0 amide bonds. The summed E-state index contributed by atoms with van der Waals surface area (Å²) in [4.78, 5) is 0.00410. The second-order valence-electron chi connectivity index (χ2n) is 4.87. The smallest absolute Gasteiger partial charge is 0.188 e. The fourth-order valence-corrected chi connectivity index (χ4v) is 3.16. The molecule has 2 rings (SSSR count). The summed E-state index contributed by atoms with van der Waals surface area (Å²) >= 11 is 1.38. The van der Waals surface area contributed by atoms with Gasteiger partial charge in [0.25, 0.3) is 0 Å². The number of ether oxygens (including phenoxy) is 5. The minimum absolute atomic E-state index is 0.128. The number of hydrogen-bond donors (Lipinski definition) is 1. The maximum atomic E-state index is 10.6. The van der Waals surface area contributed by atoms with Crippen LogP contribution in [0.3, 0.4) is 0 Å². The Kier molecular flexibility index (Phi) is 6.78. The second kappa shape index (κ2) is 8.59. The molecule has 1 N–H and O–H groups in total. The van der Waals surface area contributed by atoms with Crippen LogP contribution in [0.5, 0.6) is 11.5 Å². The third kappa shape index (κ3) is 5.03. The molecule has 124 valence electrons. The first-order valence-electron chi connectivity index (χ1n) is 7.03. The molecule has 0 saturated carbocycles. The number of benzene rings is 1. The summed E-state index contributed by atoms with van der Waals surface area (Å²) in [6.07, 6.45) is 1.17. The van der Waals surface area contributed by atoms with E-state index in [1.807, 2.05) is 12.1 Å². The van der Waals surface area contributed by atoms with Crippen LogP contribution in [0, 0.1) is 0 Å². The average molecular weight is 330 g/mol. The molecule has 0 bridgehead atoms. The molecular weight excluding hydrogens is 308 g/mol. The lowest BCUT2D eigenvalue weighted by atomic mass is 10.1. The van der Waals surface area contributed by atoms with Crippen LogP contribution in [0.4, 0.5) is 0 Å². The molecule has 1 aliphatic rings. The van der Waals surface area contributed by atoms with Crippen LogP contribution in [-0.4, -0.2) is 51.1 Å². The SMILES string of the molecule is COCOc1ccc(SC2(O)CCOCC2)c(OCOC)c1. The molecule has 1 aliphatic heterocycles. The molecule has 1 saturated heterocycles. The van der Waals surface area contributed by atoms with Gasteiger partial charge in [-0.05, 0) is 12.1 Å². The Morgan fingerprint density at radius 2 is 1.82 bits per heavy atom. The van der Waals surface area contributed by atoms with Crippen molar-refractivity contribution in [2.45, 2.75) is 22.7 Å². The zero-order chi connectivity index (χ0) is 15.8. The molecule has 0 spiro atoms. The van der Waals surface area contributed by atoms with Crippen molar-refractivity contribution in [3.63, 3.8) is 0 Å².